The number of rotatable bonds is 3. The van der Waals surface area contributed by atoms with Crippen LogP contribution in [0.25, 0.3) is 0 Å². The molecule has 0 aromatic heterocycles. The summed E-state index contributed by atoms with van der Waals surface area (Å²) < 4.78 is 0. The minimum absolute atomic E-state index is 0. The summed E-state index contributed by atoms with van der Waals surface area (Å²) >= 11 is 0. The summed E-state index contributed by atoms with van der Waals surface area (Å²) in [4.78, 5) is 4.81. The van der Waals surface area contributed by atoms with Gasteiger partial charge in [0.15, 0.2) is 0 Å². The quantitative estimate of drug-likeness (QED) is 0.618. The molecule has 1 fully saturated rings. The third-order valence-corrected chi connectivity index (χ3v) is 1.91. The summed E-state index contributed by atoms with van der Waals surface area (Å²) in [5.74, 6) is 0.514. The molecular weight excluding hydrogens is 236 g/mol. The summed E-state index contributed by atoms with van der Waals surface area (Å²) in [6, 6.07) is 0.384. The smallest absolute Gasteiger partial charge is 0.0572 e. The van der Waals surface area contributed by atoms with Gasteiger partial charge < -0.3 is 15.9 Å². The van der Waals surface area contributed by atoms with Crippen molar-refractivity contribution in [1.82, 2.24) is 10.8 Å². The fourth-order valence-electron chi connectivity index (χ4n) is 1.27. The zero-order valence-corrected chi connectivity index (χ0v) is 9.94. The van der Waals surface area contributed by atoms with Crippen molar-refractivity contribution in [2.75, 3.05) is 26.7 Å². The molecule has 84 valence electrons. The van der Waals surface area contributed by atoms with Crippen LogP contribution in [0.5, 0.6) is 0 Å². The van der Waals surface area contributed by atoms with Crippen LogP contribution in [0, 0.1) is 5.92 Å². The number of nitrogens with one attached hydrogen (secondary N) is 2. The van der Waals surface area contributed by atoms with E-state index in [-0.39, 0.29) is 37.2 Å². The fourth-order valence-corrected chi connectivity index (χ4v) is 1.27. The Hall–Kier alpha value is 0.710. The van der Waals surface area contributed by atoms with Crippen LogP contribution in [0.15, 0.2) is 0 Å². The monoisotopic (exact) mass is 253 g/mol. The lowest BCUT2D eigenvalue weighted by Crippen LogP contribution is -2.38. The standard InChI is InChI=1S/C6H15N3O.3ClH/c1-10-9-6-4-8-3-5(6)2-7;;;/h5-6,8-9H,2-4,7H2,1H3;3*1H. The maximum Gasteiger partial charge on any atom is 0.0572 e. The molecule has 1 heterocycles. The van der Waals surface area contributed by atoms with Crippen molar-refractivity contribution >= 4 is 37.2 Å². The third kappa shape index (κ3) is 5.91. The molecule has 7 heteroatoms. The number of hydroxylamine groups is 1. The summed E-state index contributed by atoms with van der Waals surface area (Å²) in [7, 11) is 1.63. The van der Waals surface area contributed by atoms with Gasteiger partial charge in [-0.2, -0.15) is 5.48 Å². The molecular formula is C6H18Cl3N3O. The van der Waals surface area contributed by atoms with Gasteiger partial charge in [0.25, 0.3) is 0 Å². The van der Waals surface area contributed by atoms with Gasteiger partial charge in [0, 0.05) is 25.0 Å². The van der Waals surface area contributed by atoms with Gasteiger partial charge in [-0.05, 0) is 6.54 Å². The molecule has 0 aromatic rings. The first-order chi connectivity index (χ1) is 4.88. The molecule has 2 unspecified atom stereocenters. The zero-order chi connectivity index (χ0) is 7.40. The van der Waals surface area contributed by atoms with Crippen molar-refractivity contribution in [2.45, 2.75) is 6.04 Å². The van der Waals surface area contributed by atoms with E-state index in [0.717, 1.165) is 13.1 Å². The lowest BCUT2D eigenvalue weighted by Gasteiger charge is -2.15. The van der Waals surface area contributed by atoms with E-state index in [1.165, 1.54) is 0 Å². The van der Waals surface area contributed by atoms with Gasteiger partial charge in [-0.25, -0.2) is 0 Å². The summed E-state index contributed by atoms with van der Waals surface area (Å²) in [5, 5.41) is 3.24. The molecule has 1 saturated heterocycles. The van der Waals surface area contributed by atoms with Crippen LogP contribution in [0.3, 0.4) is 0 Å². The second-order valence-electron chi connectivity index (χ2n) is 2.58. The van der Waals surface area contributed by atoms with Crippen LogP contribution in [-0.2, 0) is 4.84 Å². The van der Waals surface area contributed by atoms with Gasteiger partial charge >= 0.3 is 0 Å². The van der Waals surface area contributed by atoms with E-state index >= 15 is 0 Å². The molecule has 2 atom stereocenters. The maximum atomic E-state index is 5.52. The van der Waals surface area contributed by atoms with Gasteiger partial charge in [-0.3, -0.25) is 0 Å². The van der Waals surface area contributed by atoms with E-state index in [4.69, 9.17) is 10.6 Å². The van der Waals surface area contributed by atoms with E-state index in [1.54, 1.807) is 7.11 Å². The summed E-state index contributed by atoms with van der Waals surface area (Å²) in [6.07, 6.45) is 0. The first-order valence-electron chi connectivity index (χ1n) is 3.57. The minimum atomic E-state index is 0. The molecule has 0 aliphatic carbocycles. The van der Waals surface area contributed by atoms with Crippen LogP contribution in [-0.4, -0.2) is 32.8 Å². The topological polar surface area (TPSA) is 59.3 Å². The normalized spacial score (nSPS) is 25.4. The van der Waals surface area contributed by atoms with E-state index in [0.29, 0.717) is 18.5 Å². The molecule has 0 saturated carbocycles. The fraction of sp³-hybridized carbons (Fsp3) is 1.00. The second-order valence-corrected chi connectivity index (χ2v) is 2.58. The molecule has 0 bridgehead atoms. The Morgan fingerprint density at radius 2 is 2.00 bits per heavy atom. The predicted octanol–water partition coefficient (Wildman–Crippen LogP) is -0.0505. The molecule has 0 radical (unpaired) electrons. The zero-order valence-electron chi connectivity index (χ0n) is 7.49. The van der Waals surface area contributed by atoms with E-state index in [1.807, 2.05) is 0 Å². The first-order valence-corrected chi connectivity index (χ1v) is 3.57. The van der Waals surface area contributed by atoms with Gasteiger partial charge in [-0.1, -0.05) is 0 Å². The predicted molar refractivity (Wildman–Crippen MR) is 61.1 cm³/mol. The average Bonchev–Trinajstić information content (AvgIpc) is 2.36. The van der Waals surface area contributed by atoms with Gasteiger partial charge in [-0.15, -0.1) is 37.2 Å². The lowest BCUT2D eigenvalue weighted by atomic mass is 10.1. The number of halogens is 3. The molecule has 4 nitrogen and oxygen atoms in total. The van der Waals surface area contributed by atoms with Gasteiger partial charge in [0.1, 0.15) is 0 Å². The van der Waals surface area contributed by atoms with Crippen LogP contribution < -0.4 is 16.5 Å². The highest BCUT2D eigenvalue weighted by Crippen LogP contribution is 2.05. The molecule has 1 aliphatic rings. The maximum absolute atomic E-state index is 5.52. The van der Waals surface area contributed by atoms with Crippen molar-refractivity contribution in [3.8, 4) is 0 Å². The Labute approximate surface area is 97.5 Å². The molecule has 0 spiro atoms. The first kappa shape index (κ1) is 19.3. The molecule has 1 rings (SSSR count). The van der Waals surface area contributed by atoms with Crippen molar-refractivity contribution in [2.24, 2.45) is 11.7 Å². The van der Waals surface area contributed by atoms with Gasteiger partial charge in [0.2, 0.25) is 0 Å². The molecule has 0 aromatic carbocycles. The molecule has 1 aliphatic heterocycles. The van der Waals surface area contributed by atoms with Crippen LogP contribution in [0.2, 0.25) is 0 Å². The summed E-state index contributed by atoms with van der Waals surface area (Å²) in [6.45, 7) is 2.67. The number of nitrogens with two attached hydrogens (primary N) is 1. The van der Waals surface area contributed by atoms with Crippen molar-refractivity contribution < 1.29 is 4.84 Å². The van der Waals surface area contributed by atoms with E-state index in [2.05, 4.69) is 10.8 Å². The van der Waals surface area contributed by atoms with E-state index < -0.39 is 0 Å². The third-order valence-electron chi connectivity index (χ3n) is 1.91. The van der Waals surface area contributed by atoms with Gasteiger partial charge in [0.05, 0.1) is 7.11 Å². The Bertz CT molecular complexity index is 109. The average molecular weight is 255 g/mol. The SMILES string of the molecule is CONC1CNCC1CN.Cl.Cl.Cl. The Morgan fingerprint density at radius 3 is 2.46 bits per heavy atom. The van der Waals surface area contributed by atoms with Crippen molar-refractivity contribution in [3.63, 3.8) is 0 Å². The van der Waals surface area contributed by atoms with Crippen molar-refractivity contribution in [1.29, 1.82) is 0 Å². The second kappa shape index (κ2) is 10.8. The summed E-state index contributed by atoms with van der Waals surface area (Å²) in [5.41, 5.74) is 8.42. The number of hydrogen-bond donors (Lipinski definition) is 3. The Morgan fingerprint density at radius 1 is 1.38 bits per heavy atom. The van der Waals surface area contributed by atoms with Crippen molar-refractivity contribution in [3.05, 3.63) is 0 Å². The minimum Gasteiger partial charge on any atom is -0.330 e. The Balaban J connectivity index is -0.000000333. The van der Waals surface area contributed by atoms with Crippen LogP contribution in [0.1, 0.15) is 0 Å². The highest BCUT2D eigenvalue weighted by atomic mass is 35.5. The number of hydrogen-bond acceptors (Lipinski definition) is 4. The largest absolute Gasteiger partial charge is 0.330 e. The lowest BCUT2D eigenvalue weighted by molar-refractivity contribution is 0.0547. The van der Waals surface area contributed by atoms with Crippen LogP contribution >= 0.6 is 37.2 Å². The molecule has 13 heavy (non-hydrogen) atoms. The van der Waals surface area contributed by atoms with E-state index in [9.17, 15) is 0 Å². The molecule has 4 N–H and O–H groups in total. The highest BCUT2D eigenvalue weighted by Gasteiger charge is 2.25. The highest BCUT2D eigenvalue weighted by molar-refractivity contribution is 5.86. The molecule has 0 amide bonds. The van der Waals surface area contributed by atoms with Crippen LogP contribution in [0.4, 0.5) is 0 Å². The Kier molecular flexibility index (Phi) is 16.0.